The van der Waals surface area contributed by atoms with Crippen molar-refractivity contribution >= 4 is 31.5 Å². The lowest BCUT2D eigenvalue weighted by Crippen LogP contribution is -1.96. The van der Waals surface area contributed by atoms with Crippen LogP contribution in [0.15, 0.2) is 43.0 Å². The fourth-order valence-corrected chi connectivity index (χ4v) is 3.34. The summed E-state index contributed by atoms with van der Waals surface area (Å²) in [6.45, 7) is 5.80. The van der Waals surface area contributed by atoms with Gasteiger partial charge in [-0.25, -0.2) is 0 Å². The van der Waals surface area contributed by atoms with Gasteiger partial charge in [0.2, 0.25) is 31.5 Å². The Morgan fingerprint density at radius 1 is 1.05 bits per heavy atom. The fraction of sp³-hybridized carbons (Fsp3) is 0.556. The summed E-state index contributed by atoms with van der Waals surface area (Å²) < 4.78 is 0. The molecule has 0 aliphatic rings. The van der Waals surface area contributed by atoms with Crippen molar-refractivity contribution in [3.8, 4) is 0 Å². The van der Waals surface area contributed by atoms with Gasteiger partial charge in [-0.3, -0.25) is 0 Å². The van der Waals surface area contributed by atoms with Crippen molar-refractivity contribution in [3.63, 3.8) is 0 Å². The average Bonchev–Trinajstić information content (AvgIpc) is 2.51. The zero-order valence-electron chi connectivity index (χ0n) is 13.6. The first-order valence-electron chi connectivity index (χ1n) is 8.31. The molecule has 0 aliphatic heterocycles. The molecule has 0 heterocycles. The monoisotopic (exact) mass is 301 g/mol. The van der Waals surface area contributed by atoms with Gasteiger partial charge in [0.1, 0.15) is 0 Å². The van der Waals surface area contributed by atoms with Gasteiger partial charge in [-0.1, -0.05) is 91.9 Å². The summed E-state index contributed by atoms with van der Waals surface area (Å²) in [5.41, 5.74) is 1.53. The first kappa shape index (κ1) is 20.0. The number of benzene rings is 1. The summed E-state index contributed by atoms with van der Waals surface area (Å²) in [5, 5.41) is 4.05. The maximum absolute atomic E-state index is 3.51. The molecule has 2 heteroatoms. The smallest absolute Gasteiger partial charge is 0.105 e. The standard InChI is InChI=1S/C8H17.C7H7.C3H5.2Al.2H/c1-3-5-7-8-6-4-2;1-7-5-3-2-4-6-7;1-3-2;;;;/h1,3-8H2,2H3;2-6H,1H2;3H,1-2H2;;;;. The molecule has 1 aromatic rings. The van der Waals surface area contributed by atoms with Crippen molar-refractivity contribution in [1.82, 2.24) is 0 Å². The predicted octanol–water partition coefficient (Wildman–Crippen LogP) is 4.89. The van der Waals surface area contributed by atoms with Gasteiger partial charge in [-0.15, -0.1) is 17.9 Å². The molecule has 0 atom stereocenters. The van der Waals surface area contributed by atoms with Gasteiger partial charge in [-0.2, -0.15) is 0 Å². The molecule has 0 saturated carbocycles. The molecule has 0 amide bonds. The second kappa shape index (κ2) is 17.1. The minimum absolute atomic E-state index is 0.648. The normalized spacial score (nSPS) is 9.45. The highest BCUT2D eigenvalue weighted by atomic mass is 27.1. The van der Waals surface area contributed by atoms with Crippen LogP contribution in [0.3, 0.4) is 0 Å². The molecule has 0 saturated heterocycles. The third kappa shape index (κ3) is 14.4. The minimum Gasteiger partial charge on any atom is -0.105 e. The van der Waals surface area contributed by atoms with E-state index in [2.05, 4.69) is 43.8 Å². The molecule has 0 fully saturated rings. The summed E-state index contributed by atoms with van der Waals surface area (Å²) in [6, 6.07) is 10.9. The Bertz CT molecular complexity index is 296. The average molecular weight is 301 g/mol. The Kier molecular flexibility index (Phi) is 17.1. The summed E-state index contributed by atoms with van der Waals surface area (Å²) in [6.07, 6.45) is 10.6. The summed E-state index contributed by atoms with van der Waals surface area (Å²) in [7, 11) is 0. The SMILES string of the molecule is C=C[CH2][AlH2].CCCCCCC[CH2][Al][CH2]c1ccccc1. The number of unbranched alkanes of at least 4 members (excludes halogenated alkanes) is 5. The number of hydrogen-bond acceptors (Lipinski definition) is 0. The van der Waals surface area contributed by atoms with Crippen LogP contribution in [0, 0.1) is 0 Å². The Labute approximate surface area is 141 Å². The molecule has 0 aromatic heterocycles. The fourth-order valence-electron chi connectivity index (χ4n) is 1.95. The van der Waals surface area contributed by atoms with E-state index in [1.807, 2.05) is 6.08 Å². The largest absolute Gasteiger partial charge is 0.217 e. The van der Waals surface area contributed by atoms with E-state index in [9.17, 15) is 0 Å². The number of hydrogen-bond donors (Lipinski definition) is 0. The van der Waals surface area contributed by atoms with E-state index in [0.717, 1.165) is 0 Å². The highest BCUT2D eigenvalue weighted by Crippen LogP contribution is 2.08. The highest BCUT2D eigenvalue weighted by molar-refractivity contribution is 6.34. The highest BCUT2D eigenvalue weighted by Gasteiger charge is 1.95. The van der Waals surface area contributed by atoms with Crippen molar-refractivity contribution < 1.29 is 0 Å². The molecule has 109 valence electrons. The van der Waals surface area contributed by atoms with E-state index >= 15 is 0 Å². The van der Waals surface area contributed by atoms with Gasteiger partial charge in [0.15, 0.2) is 0 Å². The third-order valence-electron chi connectivity index (χ3n) is 3.27. The van der Waals surface area contributed by atoms with Crippen molar-refractivity contribution in [1.29, 1.82) is 0 Å². The Hall–Kier alpha value is 0.0249. The molecule has 0 nitrogen and oxygen atoms in total. The molecule has 0 bridgehead atoms. The first-order chi connectivity index (χ1) is 9.85. The zero-order valence-corrected chi connectivity index (χ0v) is 16.8. The summed E-state index contributed by atoms with van der Waals surface area (Å²) in [5.74, 6) is 0. The molecule has 1 rings (SSSR count). The predicted molar refractivity (Wildman–Crippen MR) is 97.6 cm³/mol. The number of allylic oxidation sites excluding steroid dienone is 1. The van der Waals surface area contributed by atoms with Crippen LogP contribution in [0.2, 0.25) is 10.6 Å². The zero-order chi connectivity index (χ0) is 14.9. The van der Waals surface area contributed by atoms with E-state index in [-0.39, 0.29) is 0 Å². The second-order valence-electron chi connectivity index (χ2n) is 5.23. The van der Waals surface area contributed by atoms with Gasteiger partial charge >= 0.3 is 0 Å². The molecule has 20 heavy (non-hydrogen) atoms. The van der Waals surface area contributed by atoms with Crippen LogP contribution in [0.5, 0.6) is 0 Å². The van der Waals surface area contributed by atoms with Gasteiger partial charge in [0.05, 0.1) is 0 Å². The van der Waals surface area contributed by atoms with Gasteiger partial charge in [-0.05, 0) is 0 Å². The first-order valence-corrected chi connectivity index (χ1v) is 11.4. The molecule has 0 aliphatic carbocycles. The van der Waals surface area contributed by atoms with E-state index in [4.69, 9.17) is 0 Å². The lowest BCUT2D eigenvalue weighted by atomic mass is 10.1. The minimum atomic E-state index is 0.648. The van der Waals surface area contributed by atoms with Crippen LogP contribution >= 0.6 is 0 Å². The molecule has 0 N–H and O–H groups in total. The Morgan fingerprint density at radius 3 is 2.25 bits per heavy atom. The van der Waals surface area contributed by atoms with Crippen molar-refractivity contribution in [2.45, 2.75) is 61.3 Å². The van der Waals surface area contributed by atoms with Crippen LogP contribution in [0.4, 0.5) is 0 Å². The molecular weight excluding hydrogens is 270 g/mol. The second-order valence-corrected chi connectivity index (χ2v) is 7.61. The van der Waals surface area contributed by atoms with Crippen molar-refractivity contribution in [2.24, 2.45) is 0 Å². The van der Waals surface area contributed by atoms with Gasteiger partial charge in [0, 0.05) is 0 Å². The number of rotatable bonds is 10. The maximum atomic E-state index is 3.51. The van der Waals surface area contributed by atoms with E-state index < -0.39 is 0 Å². The maximum Gasteiger partial charge on any atom is 0.217 e. The quantitative estimate of drug-likeness (QED) is 0.328. The van der Waals surface area contributed by atoms with Crippen LogP contribution < -0.4 is 0 Å². The molecule has 1 radical (unpaired) electrons. The Morgan fingerprint density at radius 2 is 1.65 bits per heavy atom. The molecule has 1 aromatic carbocycles. The van der Waals surface area contributed by atoms with Crippen LogP contribution in [-0.2, 0) is 5.28 Å². The van der Waals surface area contributed by atoms with E-state index in [1.54, 1.807) is 0 Å². The van der Waals surface area contributed by atoms with Crippen molar-refractivity contribution in [2.75, 3.05) is 0 Å². The molecule has 0 spiro atoms. The Balaban J connectivity index is 0.000000796. The van der Waals surface area contributed by atoms with Crippen LogP contribution in [0.1, 0.15) is 51.0 Å². The van der Waals surface area contributed by atoms with E-state index in [1.165, 1.54) is 76.2 Å². The lowest BCUT2D eigenvalue weighted by molar-refractivity contribution is 0.624. The molecular formula is C18H31Al2. The topological polar surface area (TPSA) is 0 Å². The summed E-state index contributed by atoms with van der Waals surface area (Å²) >= 11 is 1.92. The van der Waals surface area contributed by atoms with Crippen molar-refractivity contribution in [3.05, 3.63) is 48.6 Å². The third-order valence-corrected chi connectivity index (χ3v) is 5.43. The van der Waals surface area contributed by atoms with E-state index in [0.29, 0.717) is 15.2 Å². The van der Waals surface area contributed by atoms with Gasteiger partial charge < -0.3 is 0 Å². The van der Waals surface area contributed by atoms with Crippen LogP contribution in [0.25, 0.3) is 0 Å². The van der Waals surface area contributed by atoms with Gasteiger partial charge in [0.25, 0.3) is 0 Å². The summed E-state index contributed by atoms with van der Waals surface area (Å²) in [4.78, 5) is 0. The van der Waals surface area contributed by atoms with Crippen LogP contribution in [-0.4, -0.2) is 31.5 Å². The lowest BCUT2D eigenvalue weighted by Gasteiger charge is -2.01. The molecule has 0 unspecified atom stereocenters.